The van der Waals surface area contributed by atoms with Crippen LogP contribution in [-0.4, -0.2) is 33.4 Å². The molecule has 0 atom stereocenters. The molecule has 152 valence electrons. The Balaban J connectivity index is 1.29. The molecule has 30 heavy (non-hydrogen) atoms. The third-order valence-electron chi connectivity index (χ3n) is 6.61. The van der Waals surface area contributed by atoms with E-state index in [1.807, 2.05) is 41.6 Å². The van der Waals surface area contributed by atoms with Crippen molar-refractivity contribution < 1.29 is 4.79 Å². The lowest BCUT2D eigenvalue weighted by Gasteiger charge is -2.32. The van der Waals surface area contributed by atoms with Crippen molar-refractivity contribution in [2.45, 2.75) is 33.2 Å². The van der Waals surface area contributed by atoms with Crippen LogP contribution < -0.4 is 0 Å². The predicted octanol–water partition coefficient (Wildman–Crippen LogP) is 5.36. The number of carbonyl (C=O) groups excluding carboxylic acids is 1. The maximum atomic E-state index is 13.2. The van der Waals surface area contributed by atoms with Crippen molar-refractivity contribution in [1.29, 1.82) is 0 Å². The largest absolute Gasteiger partial charge is 0.339 e. The number of rotatable bonds is 3. The number of imidazole rings is 1. The molecule has 0 bridgehead atoms. The fourth-order valence-corrected chi connectivity index (χ4v) is 4.64. The zero-order chi connectivity index (χ0) is 20.7. The quantitative estimate of drug-likeness (QED) is 0.467. The molecule has 0 spiro atoms. The van der Waals surface area contributed by atoms with Gasteiger partial charge in [-0.15, -0.1) is 0 Å². The number of amides is 1. The van der Waals surface area contributed by atoms with Gasteiger partial charge in [0.1, 0.15) is 0 Å². The van der Waals surface area contributed by atoms with Gasteiger partial charge >= 0.3 is 0 Å². The molecule has 1 aromatic heterocycles. The minimum absolute atomic E-state index is 0.157. The number of hydrogen-bond donors (Lipinski definition) is 0. The topological polar surface area (TPSA) is 38.1 Å². The van der Waals surface area contributed by atoms with E-state index in [0.717, 1.165) is 54.3 Å². The first-order valence-corrected chi connectivity index (χ1v) is 10.8. The Morgan fingerprint density at radius 2 is 1.73 bits per heavy atom. The van der Waals surface area contributed by atoms with E-state index in [2.05, 4.69) is 47.7 Å². The molecule has 4 aromatic rings. The highest BCUT2D eigenvalue weighted by Crippen LogP contribution is 2.26. The summed E-state index contributed by atoms with van der Waals surface area (Å²) in [6.45, 7) is 6.89. The second-order valence-corrected chi connectivity index (χ2v) is 8.58. The van der Waals surface area contributed by atoms with Crippen LogP contribution in [0.5, 0.6) is 0 Å². The molecule has 4 heteroatoms. The zero-order valence-electron chi connectivity index (χ0n) is 17.6. The van der Waals surface area contributed by atoms with E-state index in [-0.39, 0.29) is 5.91 Å². The predicted molar refractivity (Wildman–Crippen MR) is 122 cm³/mol. The molecular weight excluding hydrogens is 370 g/mol. The van der Waals surface area contributed by atoms with Crippen LogP contribution in [0.2, 0.25) is 0 Å². The standard InChI is InChI=1S/C26H27N3O/c1-18-14-24-25(15-19(18)2)29(17-27-24)16-20-10-12-28(13-11-20)26(30)23-9-5-7-21-6-3-4-8-22(21)23/h3-9,14-15,17,20H,10-13,16H2,1-2H3. The van der Waals surface area contributed by atoms with E-state index in [1.54, 1.807) is 0 Å². The van der Waals surface area contributed by atoms with E-state index in [0.29, 0.717) is 5.92 Å². The molecule has 1 fully saturated rings. The van der Waals surface area contributed by atoms with Gasteiger partial charge in [0.15, 0.2) is 0 Å². The third-order valence-corrected chi connectivity index (χ3v) is 6.61. The molecule has 1 aliphatic rings. The van der Waals surface area contributed by atoms with Crippen molar-refractivity contribution in [1.82, 2.24) is 14.5 Å². The van der Waals surface area contributed by atoms with Gasteiger partial charge in [-0.25, -0.2) is 4.98 Å². The Morgan fingerprint density at radius 3 is 2.57 bits per heavy atom. The van der Waals surface area contributed by atoms with Crippen LogP contribution in [0.4, 0.5) is 0 Å². The van der Waals surface area contributed by atoms with Gasteiger partial charge in [-0.05, 0) is 72.7 Å². The first kappa shape index (κ1) is 18.9. The Morgan fingerprint density at radius 1 is 1.00 bits per heavy atom. The fraction of sp³-hybridized carbons (Fsp3) is 0.308. The van der Waals surface area contributed by atoms with Crippen LogP contribution in [0.1, 0.15) is 34.3 Å². The lowest BCUT2D eigenvalue weighted by atomic mass is 9.95. The second kappa shape index (κ2) is 7.60. The van der Waals surface area contributed by atoms with Crippen molar-refractivity contribution in [2.24, 2.45) is 5.92 Å². The Labute approximate surface area is 177 Å². The molecule has 0 saturated carbocycles. The van der Waals surface area contributed by atoms with Gasteiger partial charge in [0.25, 0.3) is 5.91 Å². The molecule has 1 saturated heterocycles. The number of benzene rings is 3. The summed E-state index contributed by atoms with van der Waals surface area (Å²) in [4.78, 5) is 19.8. The zero-order valence-corrected chi connectivity index (χ0v) is 17.6. The van der Waals surface area contributed by atoms with Crippen LogP contribution in [0, 0.1) is 19.8 Å². The number of fused-ring (bicyclic) bond motifs is 2. The van der Waals surface area contributed by atoms with E-state index in [4.69, 9.17) is 0 Å². The monoisotopic (exact) mass is 397 g/mol. The average molecular weight is 398 g/mol. The van der Waals surface area contributed by atoms with Crippen molar-refractivity contribution in [3.63, 3.8) is 0 Å². The molecule has 0 unspecified atom stereocenters. The fourth-order valence-electron chi connectivity index (χ4n) is 4.64. The number of nitrogens with zero attached hydrogens (tertiary/aromatic N) is 3. The van der Waals surface area contributed by atoms with E-state index >= 15 is 0 Å². The number of carbonyl (C=O) groups is 1. The van der Waals surface area contributed by atoms with Gasteiger partial charge in [-0.1, -0.05) is 36.4 Å². The average Bonchev–Trinajstić information content (AvgIpc) is 3.15. The van der Waals surface area contributed by atoms with E-state index in [1.165, 1.54) is 16.6 Å². The van der Waals surface area contributed by atoms with E-state index < -0.39 is 0 Å². The van der Waals surface area contributed by atoms with Crippen molar-refractivity contribution in [3.8, 4) is 0 Å². The van der Waals surface area contributed by atoms with Gasteiger partial charge in [0.2, 0.25) is 0 Å². The molecule has 2 heterocycles. The molecule has 0 aliphatic carbocycles. The molecule has 5 rings (SSSR count). The van der Waals surface area contributed by atoms with Gasteiger partial charge in [-0.2, -0.15) is 0 Å². The molecule has 4 nitrogen and oxygen atoms in total. The first-order chi connectivity index (χ1) is 14.6. The summed E-state index contributed by atoms with van der Waals surface area (Å²) in [6, 6.07) is 18.6. The Bertz CT molecular complexity index is 1230. The second-order valence-electron chi connectivity index (χ2n) is 8.58. The molecular formula is C26H27N3O. The van der Waals surface area contributed by atoms with E-state index in [9.17, 15) is 4.79 Å². The lowest BCUT2D eigenvalue weighted by Crippen LogP contribution is -2.39. The van der Waals surface area contributed by atoms with Gasteiger partial charge in [0, 0.05) is 25.2 Å². The first-order valence-electron chi connectivity index (χ1n) is 10.8. The Hall–Kier alpha value is -3.14. The number of piperidine rings is 1. The van der Waals surface area contributed by atoms with Crippen molar-refractivity contribution in [2.75, 3.05) is 13.1 Å². The third kappa shape index (κ3) is 3.36. The summed E-state index contributed by atoms with van der Waals surface area (Å²) in [5.41, 5.74) is 5.69. The normalized spacial score (nSPS) is 15.2. The summed E-state index contributed by atoms with van der Waals surface area (Å²) >= 11 is 0. The highest BCUT2D eigenvalue weighted by molar-refractivity contribution is 6.07. The number of aryl methyl sites for hydroxylation is 2. The minimum Gasteiger partial charge on any atom is -0.339 e. The summed E-state index contributed by atoms with van der Waals surface area (Å²) in [7, 11) is 0. The van der Waals surface area contributed by atoms with Crippen molar-refractivity contribution in [3.05, 3.63) is 77.6 Å². The number of likely N-dealkylation sites (tertiary alicyclic amines) is 1. The maximum absolute atomic E-state index is 13.2. The smallest absolute Gasteiger partial charge is 0.254 e. The maximum Gasteiger partial charge on any atom is 0.254 e. The molecule has 3 aromatic carbocycles. The van der Waals surface area contributed by atoms with Gasteiger partial charge in [0.05, 0.1) is 17.4 Å². The van der Waals surface area contributed by atoms with Crippen molar-refractivity contribution >= 4 is 27.7 Å². The van der Waals surface area contributed by atoms with Gasteiger partial charge in [-0.3, -0.25) is 4.79 Å². The number of hydrogen-bond acceptors (Lipinski definition) is 2. The summed E-state index contributed by atoms with van der Waals surface area (Å²) < 4.78 is 2.29. The van der Waals surface area contributed by atoms with Crippen LogP contribution in [-0.2, 0) is 6.54 Å². The SMILES string of the molecule is Cc1cc2ncn(CC3CCN(C(=O)c4cccc5ccccc45)CC3)c2cc1C. The lowest BCUT2D eigenvalue weighted by molar-refractivity contribution is 0.0685. The van der Waals surface area contributed by atoms with Crippen LogP contribution >= 0.6 is 0 Å². The molecule has 1 aliphatic heterocycles. The summed E-state index contributed by atoms with van der Waals surface area (Å²) in [6.07, 6.45) is 4.03. The highest BCUT2D eigenvalue weighted by Gasteiger charge is 2.25. The molecule has 0 radical (unpaired) electrons. The van der Waals surface area contributed by atoms with Crippen LogP contribution in [0.3, 0.4) is 0 Å². The Kier molecular flexibility index (Phi) is 4.78. The summed E-state index contributed by atoms with van der Waals surface area (Å²) in [5.74, 6) is 0.727. The van der Waals surface area contributed by atoms with Crippen LogP contribution in [0.15, 0.2) is 60.9 Å². The minimum atomic E-state index is 0.157. The number of aromatic nitrogens is 2. The molecule has 1 amide bonds. The summed E-state index contributed by atoms with van der Waals surface area (Å²) in [5, 5.41) is 2.17. The molecule has 0 N–H and O–H groups in total. The highest BCUT2D eigenvalue weighted by atomic mass is 16.2. The van der Waals surface area contributed by atoms with Gasteiger partial charge < -0.3 is 9.47 Å². The van der Waals surface area contributed by atoms with Crippen LogP contribution in [0.25, 0.3) is 21.8 Å².